The van der Waals surface area contributed by atoms with E-state index in [4.69, 9.17) is 10.8 Å². The summed E-state index contributed by atoms with van der Waals surface area (Å²) in [7, 11) is 0. The number of hydrogen-bond donors (Lipinski definition) is 9. The third-order valence-electron chi connectivity index (χ3n) is 3.80. The summed E-state index contributed by atoms with van der Waals surface area (Å²) in [5.74, 6) is -1.81. The van der Waals surface area contributed by atoms with Gasteiger partial charge in [0.1, 0.15) is 30.1 Å². The van der Waals surface area contributed by atoms with Crippen LogP contribution in [0.2, 0.25) is 0 Å². The first-order chi connectivity index (χ1) is 10.3. The number of aliphatic hydroxyl groups is 6. The summed E-state index contributed by atoms with van der Waals surface area (Å²) >= 11 is 0. The number of nitrogens with zero attached hydrogens (tertiary/aromatic N) is 2. The molecule has 0 saturated carbocycles. The average Bonchev–Trinajstić information content (AvgIpc) is 3.12. The maximum atomic E-state index is 10.2. The van der Waals surface area contributed by atoms with Crippen LogP contribution < -0.4 is 16.2 Å². The third kappa shape index (κ3) is 1.92. The fourth-order valence-corrected chi connectivity index (χ4v) is 2.61. The Morgan fingerprint density at radius 3 is 2.59 bits per heavy atom. The van der Waals surface area contributed by atoms with Gasteiger partial charge < -0.3 is 41.4 Å². The lowest BCUT2D eigenvalue weighted by atomic mass is 9.98. The Hall–Kier alpha value is -1.73. The van der Waals surface area contributed by atoms with Crippen molar-refractivity contribution in [1.29, 1.82) is 0 Å². The Kier molecular flexibility index (Phi) is 3.37. The molecule has 0 aromatic carbocycles. The van der Waals surface area contributed by atoms with E-state index in [2.05, 4.69) is 15.4 Å². The Labute approximate surface area is 123 Å². The van der Waals surface area contributed by atoms with Gasteiger partial charge in [0.2, 0.25) is 5.96 Å². The van der Waals surface area contributed by atoms with Crippen molar-refractivity contribution in [2.75, 3.05) is 11.6 Å². The van der Waals surface area contributed by atoms with Gasteiger partial charge in [-0.3, -0.25) is 0 Å². The number of guanidine groups is 1. The van der Waals surface area contributed by atoms with Crippen molar-refractivity contribution in [3.63, 3.8) is 0 Å². The van der Waals surface area contributed by atoms with E-state index in [1.54, 1.807) is 0 Å². The molecule has 1 aromatic rings. The Bertz CT molecular complexity index is 620. The number of rotatable bonds is 5. The van der Waals surface area contributed by atoms with Crippen molar-refractivity contribution >= 4 is 11.6 Å². The molecule has 1 unspecified atom stereocenters. The number of aliphatic imine (C=N–C) groups is 1. The molecule has 5 atom stereocenters. The van der Waals surface area contributed by atoms with E-state index >= 15 is 0 Å². The van der Waals surface area contributed by atoms with Gasteiger partial charge in [-0.25, -0.2) is 5.01 Å². The summed E-state index contributed by atoms with van der Waals surface area (Å²) in [5, 5.41) is 59.4. The number of nitrogens with one attached hydrogen (secondary N) is 2. The summed E-state index contributed by atoms with van der Waals surface area (Å²) in [5.41, 5.74) is 8.83. The molecule has 0 fully saturated rings. The standard InChI is InChI=1S/C11H17N5O6/c12-10-14-11(22)9-5(16(10)15-11)3(1-13-9)6(19)8(21)7(20)4(18)2-17/h1,4,6-8,13,15,17-22H,2H2,(H2,12,14)/t4-,6+,7-,8+,11?/m1/s1. The minimum absolute atomic E-state index is 0.0338. The predicted molar refractivity (Wildman–Crippen MR) is 72.0 cm³/mol. The molecular formula is C11H17N5O6. The fourth-order valence-electron chi connectivity index (χ4n) is 2.61. The summed E-state index contributed by atoms with van der Waals surface area (Å²) in [4.78, 5) is 6.51. The van der Waals surface area contributed by atoms with Crippen LogP contribution in [0.5, 0.6) is 0 Å². The van der Waals surface area contributed by atoms with Gasteiger partial charge in [-0.2, -0.15) is 10.4 Å². The molecule has 122 valence electrons. The highest BCUT2D eigenvalue weighted by molar-refractivity contribution is 6.00. The van der Waals surface area contributed by atoms with Gasteiger partial charge in [-0.05, 0) is 0 Å². The molecule has 3 heterocycles. The maximum absolute atomic E-state index is 10.2. The van der Waals surface area contributed by atoms with Gasteiger partial charge in [0.15, 0.2) is 0 Å². The molecule has 10 N–H and O–H groups in total. The van der Waals surface area contributed by atoms with Crippen LogP contribution in [0.3, 0.4) is 0 Å². The first-order valence-corrected chi connectivity index (χ1v) is 6.50. The second-order valence-corrected chi connectivity index (χ2v) is 5.23. The van der Waals surface area contributed by atoms with Crippen LogP contribution in [0.25, 0.3) is 0 Å². The highest BCUT2D eigenvalue weighted by Crippen LogP contribution is 2.44. The van der Waals surface area contributed by atoms with Gasteiger partial charge in [0.25, 0.3) is 5.85 Å². The molecule has 11 heteroatoms. The highest BCUT2D eigenvalue weighted by Gasteiger charge is 2.51. The third-order valence-corrected chi connectivity index (χ3v) is 3.80. The number of anilines is 1. The zero-order chi connectivity index (χ0) is 16.2. The minimum Gasteiger partial charge on any atom is -0.394 e. The number of aliphatic hydroxyl groups excluding tert-OH is 5. The van der Waals surface area contributed by atoms with Crippen molar-refractivity contribution in [2.45, 2.75) is 30.3 Å². The smallest absolute Gasteiger partial charge is 0.278 e. The number of H-pyrrole nitrogens is 1. The molecule has 1 aromatic heterocycles. The summed E-state index contributed by atoms with van der Waals surface area (Å²) in [6.07, 6.45) is -5.42. The van der Waals surface area contributed by atoms with Crippen molar-refractivity contribution in [2.24, 2.45) is 10.7 Å². The number of aromatic nitrogens is 1. The number of aromatic amines is 1. The zero-order valence-electron chi connectivity index (χ0n) is 11.2. The summed E-state index contributed by atoms with van der Waals surface area (Å²) < 4.78 is 0. The Balaban J connectivity index is 1.90. The second-order valence-electron chi connectivity index (χ2n) is 5.23. The minimum atomic E-state index is -1.77. The van der Waals surface area contributed by atoms with E-state index in [1.807, 2.05) is 0 Å². The van der Waals surface area contributed by atoms with Crippen LogP contribution >= 0.6 is 0 Å². The Morgan fingerprint density at radius 1 is 1.27 bits per heavy atom. The van der Waals surface area contributed by atoms with Crippen molar-refractivity contribution in [1.82, 2.24) is 10.4 Å². The summed E-state index contributed by atoms with van der Waals surface area (Å²) in [6, 6.07) is 0. The first-order valence-electron chi connectivity index (χ1n) is 6.50. The molecule has 11 nitrogen and oxygen atoms in total. The van der Waals surface area contributed by atoms with Crippen LogP contribution in [0.4, 0.5) is 5.69 Å². The zero-order valence-corrected chi connectivity index (χ0v) is 11.2. The van der Waals surface area contributed by atoms with Crippen molar-refractivity contribution < 1.29 is 30.6 Å². The maximum Gasteiger partial charge on any atom is 0.278 e. The number of hydrogen-bond acceptors (Lipinski definition) is 10. The molecule has 0 saturated heterocycles. The normalized spacial score (nSPS) is 28.3. The predicted octanol–water partition coefficient (Wildman–Crippen LogP) is -4.12. The molecule has 2 bridgehead atoms. The molecule has 3 rings (SSSR count). The number of hydrazine groups is 1. The number of fused-ring (bicyclic) bond motifs is 5. The summed E-state index contributed by atoms with van der Waals surface area (Å²) in [6.45, 7) is -0.775. The van der Waals surface area contributed by atoms with Gasteiger partial charge >= 0.3 is 0 Å². The lowest BCUT2D eigenvalue weighted by molar-refractivity contribution is -0.116. The first kappa shape index (κ1) is 15.2. The van der Waals surface area contributed by atoms with Gasteiger partial charge in [0, 0.05) is 11.8 Å². The molecule has 0 radical (unpaired) electrons. The van der Waals surface area contributed by atoms with E-state index in [-0.39, 0.29) is 22.9 Å². The lowest BCUT2D eigenvalue weighted by Crippen LogP contribution is -2.44. The molecule has 2 aliphatic heterocycles. The van der Waals surface area contributed by atoms with Gasteiger partial charge in [-0.15, -0.1) is 0 Å². The van der Waals surface area contributed by atoms with E-state index in [9.17, 15) is 25.5 Å². The highest BCUT2D eigenvalue weighted by atomic mass is 16.4. The van der Waals surface area contributed by atoms with Crippen molar-refractivity contribution in [3.8, 4) is 0 Å². The monoisotopic (exact) mass is 315 g/mol. The van der Waals surface area contributed by atoms with E-state index in [1.165, 1.54) is 11.2 Å². The SMILES string of the molecule is NC1=NC2(O)NN1c1c([C@H](O)[C@H](O)[C@H](O)[C@H](O)CO)c[nH]c12. The molecule has 0 spiro atoms. The largest absolute Gasteiger partial charge is 0.394 e. The molecule has 2 aliphatic rings. The van der Waals surface area contributed by atoms with Crippen LogP contribution in [-0.4, -0.2) is 66.5 Å². The number of nitrogens with two attached hydrogens (primary N) is 1. The topological polar surface area (TPSA) is 191 Å². The molecule has 0 amide bonds. The van der Waals surface area contributed by atoms with Crippen LogP contribution in [0.15, 0.2) is 11.2 Å². The van der Waals surface area contributed by atoms with Gasteiger partial charge in [-0.1, -0.05) is 0 Å². The average molecular weight is 315 g/mol. The quantitative estimate of drug-likeness (QED) is 0.260. The second kappa shape index (κ2) is 4.89. The Morgan fingerprint density at radius 2 is 1.95 bits per heavy atom. The molecule has 22 heavy (non-hydrogen) atoms. The van der Waals surface area contributed by atoms with Crippen molar-refractivity contribution in [3.05, 3.63) is 17.5 Å². The van der Waals surface area contributed by atoms with Crippen LogP contribution in [0.1, 0.15) is 17.4 Å². The lowest BCUT2D eigenvalue weighted by Gasteiger charge is -2.26. The molecule has 0 aliphatic carbocycles. The van der Waals surface area contributed by atoms with Gasteiger partial charge in [0.05, 0.1) is 12.3 Å². The van der Waals surface area contributed by atoms with E-state index < -0.39 is 36.9 Å². The van der Waals surface area contributed by atoms with E-state index in [0.717, 1.165) is 0 Å². The van der Waals surface area contributed by atoms with Crippen LogP contribution in [0, 0.1) is 0 Å². The van der Waals surface area contributed by atoms with Crippen LogP contribution in [-0.2, 0) is 5.85 Å². The van der Waals surface area contributed by atoms with E-state index in [0.29, 0.717) is 0 Å². The fraction of sp³-hybridized carbons (Fsp3) is 0.545. The molecular weight excluding hydrogens is 298 g/mol.